The zero-order chi connectivity index (χ0) is 8.60. The number of nitrogens with zero attached hydrogens (tertiary/aromatic N) is 1. The molecule has 2 fully saturated rings. The summed E-state index contributed by atoms with van der Waals surface area (Å²) in [5, 5.41) is 0. The maximum Gasteiger partial charge on any atom is 0.145 e. The van der Waals surface area contributed by atoms with E-state index in [1.807, 2.05) is 0 Å². The van der Waals surface area contributed by atoms with Gasteiger partial charge in [-0.15, -0.1) is 0 Å². The van der Waals surface area contributed by atoms with Gasteiger partial charge in [-0.05, 0) is 31.1 Å². The molecule has 0 N–H and O–H groups in total. The molecule has 0 aromatic heterocycles. The molecule has 2 rings (SSSR count). The average molecular weight is 166 g/mol. The lowest BCUT2D eigenvalue weighted by Crippen LogP contribution is -2.16. The third-order valence-electron chi connectivity index (χ3n) is 3.73. The third-order valence-corrected chi connectivity index (χ3v) is 3.73. The Balaban J connectivity index is 2.02. The summed E-state index contributed by atoms with van der Waals surface area (Å²) in [5.74, 6) is 0.924. The molecule has 0 bridgehead atoms. The normalized spacial score (nSPS) is 33.4. The minimum absolute atomic E-state index is 0.785. The maximum absolute atomic E-state index is 4.08. The van der Waals surface area contributed by atoms with E-state index in [9.17, 15) is 0 Å². The Morgan fingerprint density at radius 1 is 1.42 bits per heavy atom. The summed E-state index contributed by atoms with van der Waals surface area (Å²) in [7, 11) is 0. The smallest absolute Gasteiger partial charge is 0.145 e. The minimum atomic E-state index is 0.785. The molecule has 1 nitrogen and oxygen atoms in total. The first kappa shape index (κ1) is 8.28. The molecule has 1 saturated heterocycles. The average Bonchev–Trinajstić information content (AvgIpc) is 2.83. The summed E-state index contributed by atoms with van der Waals surface area (Å²) in [4.78, 5) is 0. The van der Waals surface area contributed by atoms with Crippen LogP contribution in [0.2, 0.25) is 0 Å². The number of rotatable bonds is 1. The maximum atomic E-state index is 4.08. The highest BCUT2D eigenvalue weighted by Crippen LogP contribution is 2.54. The minimum Gasteiger partial charge on any atom is -0.242 e. The standard InChI is InChI=1S/C11H20N/c1-3-10-8-11(4-5-11)6-7-12(2)9-10/h10H,2-9H2,1H3/q+1. The predicted octanol–water partition coefficient (Wildman–Crippen LogP) is 2.30. The van der Waals surface area contributed by atoms with Gasteiger partial charge in [0.05, 0.1) is 0 Å². The van der Waals surface area contributed by atoms with E-state index in [-0.39, 0.29) is 0 Å². The van der Waals surface area contributed by atoms with E-state index in [0.717, 1.165) is 11.3 Å². The largest absolute Gasteiger partial charge is 0.242 e. The van der Waals surface area contributed by atoms with E-state index >= 15 is 0 Å². The molecule has 0 aromatic carbocycles. The summed E-state index contributed by atoms with van der Waals surface area (Å²) < 4.78 is 2.28. The van der Waals surface area contributed by atoms with Crippen LogP contribution in [-0.4, -0.2) is 24.4 Å². The molecule has 1 atom stereocenters. The quantitative estimate of drug-likeness (QED) is 0.526. The van der Waals surface area contributed by atoms with Gasteiger partial charge in [-0.2, -0.15) is 0 Å². The zero-order valence-electron chi connectivity index (χ0n) is 8.18. The molecule has 1 saturated carbocycles. The molecule has 1 heteroatoms. The van der Waals surface area contributed by atoms with E-state index in [4.69, 9.17) is 0 Å². The van der Waals surface area contributed by atoms with Crippen LogP contribution in [0.4, 0.5) is 0 Å². The molecule has 1 heterocycles. The fraction of sp³-hybridized carbons (Fsp3) is 0.909. The van der Waals surface area contributed by atoms with Crippen molar-refractivity contribution in [2.75, 3.05) is 13.1 Å². The van der Waals surface area contributed by atoms with Crippen LogP contribution in [0.25, 0.3) is 0 Å². The first-order valence-electron chi connectivity index (χ1n) is 5.29. The Morgan fingerprint density at radius 3 is 2.75 bits per heavy atom. The highest BCUT2D eigenvalue weighted by Gasteiger charge is 2.46. The van der Waals surface area contributed by atoms with Gasteiger partial charge in [0.15, 0.2) is 0 Å². The molecule has 0 amide bonds. The Labute approximate surface area is 75.5 Å². The molecular weight excluding hydrogens is 146 g/mol. The molecule has 1 unspecified atom stereocenters. The predicted molar refractivity (Wildman–Crippen MR) is 51.8 cm³/mol. The van der Waals surface area contributed by atoms with Crippen LogP contribution in [0.15, 0.2) is 0 Å². The van der Waals surface area contributed by atoms with Crippen LogP contribution in [0.5, 0.6) is 0 Å². The van der Waals surface area contributed by atoms with Crippen LogP contribution in [0, 0.1) is 11.3 Å². The summed E-state index contributed by atoms with van der Waals surface area (Å²) in [6, 6.07) is 0. The van der Waals surface area contributed by atoms with E-state index < -0.39 is 0 Å². The van der Waals surface area contributed by atoms with Crippen molar-refractivity contribution in [1.82, 2.24) is 0 Å². The van der Waals surface area contributed by atoms with Crippen molar-refractivity contribution in [3.05, 3.63) is 0 Å². The molecule has 0 aromatic rings. The van der Waals surface area contributed by atoms with Gasteiger partial charge < -0.3 is 0 Å². The van der Waals surface area contributed by atoms with Crippen molar-refractivity contribution in [2.24, 2.45) is 11.3 Å². The number of hydrogen-bond acceptors (Lipinski definition) is 0. The van der Waals surface area contributed by atoms with Crippen molar-refractivity contribution in [1.29, 1.82) is 0 Å². The monoisotopic (exact) mass is 166 g/mol. The van der Waals surface area contributed by atoms with E-state index in [0.29, 0.717) is 0 Å². The SMILES string of the molecule is C=[N+]1CCC2(CC2)CC(CC)C1. The van der Waals surface area contributed by atoms with Crippen molar-refractivity contribution in [3.63, 3.8) is 0 Å². The lowest BCUT2D eigenvalue weighted by atomic mass is 9.89. The summed E-state index contributed by atoms with van der Waals surface area (Å²) in [5.41, 5.74) is 0.785. The van der Waals surface area contributed by atoms with Crippen molar-refractivity contribution >= 4 is 6.72 Å². The summed E-state index contributed by atoms with van der Waals surface area (Å²) >= 11 is 0. The van der Waals surface area contributed by atoms with Crippen LogP contribution in [0.3, 0.4) is 0 Å². The third kappa shape index (κ3) is 1.55. The fourth-order valence-corrected chi connectivity index (χ4v) is 2.54. The Hall–Kier alpha value is -0.330. The Morgan fingerprint density at radius 2 is 2.17 bits per heavy atom. The van der Waals surface area contributed by atoms with Gasteiger partial charge >= 0.3 is 0 Å². The van der Waals surface area contributed by atoms with Gasteiger partial charge in [0, 0.05) is 12.3 Å². The van der Waals surface area contributed by atoms with Crippen LogP contribution >= 0.6 is 0 Å². The van der Waals surface area contributed by atoms with Gasteiger partial charge in [-0.25, -0.2) is 4.58 Å². The second-order valence-corrected chi connectivity index (χ2v) is 4.81. The second-order valence-electron chi connectivity index (χ2n) is 4.81. The topological polar surface area (TPSA) is 3.01 Å². The van der Waals surface area contributed by atoms with Gasteiger partial charge in [0.25, 0.3) is 0 Å². The molecule has 1 spiro atoms. The van der Waals surface area contributed by atoms with Gasteiger partial charge in [-0.1, -0.05) is 6.92 Å². The fourth-order valence-electron chi connectivity index (χ4n) is 2.54. The zero-order valence-corrected chi connectivity index (χ0v) is 8.18. The highest BCUT2D eigenvalue weighted by atomic mass is 15.0. The Kier molecular flexibility index (Phi) is 1.97. The van der Waals surface area contributed by atoms with Crippen molar-refractivity contribution in [2.45, 2.75) is 39.0 Å². The van der Waals surface area contributed by atoms with E-state index in [1.54, 1.807) is 0 Å². The first-order chi connectivity index (χ1) is 5.74. The molecule has 2 aliphatic rings. The molecule has 12 heavy (non-hydrogen) atoms. The van der Waals surface area contributed by atoms with Crippen LogP contribution < -0.4 is 0 Å². The van der Waals surface area contributed by atoms with Gasteiger partial charge in [0.1, 0.15) is 19.8 Å². The second kappa shape index (κ2) is 2.86. The molecule has 0 radical (unpaired) electrons. The molecule has 1 aliphatic carbocycles. The van der Waals surface area contributed by atoms with Crippen LogP contribution in [0.1, 0.15) is 39.0 Å². The molecular formula is C11H20N+. The van der Waals surface area contributed by atoms with Crippen molar-refractivity contribution in [3.8, 4) is 0 Å². The van der Waals surface area contributed by atoms with E-state index in [1.165, 1.54) is 45.2 Å². The van der Waals surface area contributed by atoms with E-state index in [2.05, 4.69) is 18.2 Å². The lowest BCUT2D eigenvalue weighted by Gasteiger charge is -2.13. The first-order valence-corrected chi connectivity index (χ1v) is 5.29. The van der Waals surface area contributed by atoms with Gasteiger partial charge in [-0.3, -0.25) is 0 Å². The Bertz CT molecular complexity index is 191. The number of hydrogen-bond donors (Lipinski definition) is 0. The highest BCUT2D eigenvalue weighted by molar-refractivity contribution is 5.14. The lowest BCUT2D eigenvalue weighted by molar-refractivity contribution is -0.524. The molecule has 68 valence electrons. The summed E-state index contributed by atoms with van der Waals surface area (Å²) in [6.45, 7) is 8.87. The summed E-state index contributed by atoms with van der Waals surface area (Å²) in [6.07, 6.45) is 7.23. The van der Waals surface area contributed by atoms with Crippen molar-refractivity contribution < 1.29 is 4.58 Å². The molecule has 1 aliphatic heterocycles. The van der Waals surface area contributed by atoms with Gasteiger partial charge in [0.2, 0.25) is 0 Å². The van der Waals surface area contributed by atoms with Crippen LogP contribution in [-0.2, 0) is 0 Å².